The van der Waals surface area contributed by atoms with E-state index in [-0.39, 0.29) is 6.04 Å². The predicted octanol–water partition coefficient (Wildman–Crippen LogP) is 3.83. The zero-order valence-electron chi connectivity index (χ0n) is 13.3. The molecular weight excluding hydrogens is 258 g/mol. The molecule has 112 valence electrons. The van der Waals surface area contributed by atoms with Crippen LogP contribution in [0.25, 0.3) is 0 Å². The molecule has 1 N–H and O–H groups in total. The van der Waals surface area contributed by atoms with Gasteiger partial charge in [0.1, 0.15) is 0 Å². The van der Waals surface area contributed by atoms with Crippen molar-refractivity contribution < 1.29 is 0 Å². The van der Waals surface area contributed by atoms with Crippen molar-refractivity contribution in [2.45, 2.75) is 46.1 Å². The van der Waals surface area contributed by atoms with Gasteiger partial charge in [0, 0.05) is 6.20 Å². The van der Waals surface area contributed by atoms with E-state index in [1.54, 1.807) is 0 Å². The van der Waals surface area contributed by atoms with Gasteiger partial charge in [0.25, 0.3) is 0 Å². The summed E-state index contributed by atoms with van der Waals surface area (Å²) in [6.07, 6.45) is 7.11. The van der Waals surface area contributed by atoms with Gasteiger partial charge in [-0.25, -0.2) is 0 Å². The molecule has 1 aromatic heterocycles. The summed E-state index contributed by atoms with van der Waals surface area (Å²) in [7, 11) is 0. The van der Waals surface area contributed by atoms with E-state index in [9.17, 15) is 0 Å². The Morgan fingerprint density at radius 1 is 1.10 bits per heavy atom. The number of rotatable bonds is 7. The number of aryl methyl sites for hydroxylation is 2. The van der Waals surface area contributed by atoms with Crippen LogP contribution >= 0.6 is 0 Å². The summed E-state index contributed by atoms with van der Waals surface area (Å²) in [5, 5.41) is 3.59. The normalized spacial score (nSPS) is 12.3. The summed E-state index contributed by atoms with van der Waals surface area (Å²) in [5.74, 6) is 0. The van der Waals surface area contributed by atoms with Crippen LogP contribution in [0.5, 0.6) is 0 Å². The summed E-state index contributed by atoms with van der Waals surface area (Å²) >= 11 is 0. The van der Waals surface area contributed by atoms with Gasteiger partial charge >= 0.3 is 0 Å². The number of aromatic nitrogens is 2. The van der Waals surface area contributed by atoms with E-state index in [4.69, 9.17) is 0 Å². The molecule has 1 aromatic carbocycles. The number of nitrogens with zero attached hydrogens (tertiary/aromatic N) is 2. The predicted molar refractivity (Wildman–Crippen MR) is 87.3 cm³/mol. The van der Waals surface area contributed by atoms with Gasteiger partial charge in [-0.1, -0.05) is 44.5 Å². The first kappa shape index (κ1) is 15.6. The monoisotopic (exact) mass is 283 g/mol. The van der Waals surface area contributed by atoms with Crippen molar-refractivity contribution in [3.8, 4) is 0 Å². The van der Waals surface area contributed by atoms with Crippen LogP contribution in [-0.2, 0) is 6.42 Å². The van der Waals surface area contributed by atoms with Crippen molar-refractivity contribution >= 4 is 0 Å². The Labute approximate surface area is 127 Å². The lowest BCUT2D eigenvalue weighted by Gasteiger charge is -2.19. The molecule has 0 saturated carbocycles. The Kier molecular flexibility index (Phi) is 5.88. The second kappa shape index (κ2) is 7.89. The zero-order chi connectivity index (χ0) is 15.1. The Morgan fingerprint density at radius 2 is 1.95 bits per heavy atom. The van der Waals surface area contributed by atoms with Gasteiger partial charge in [0.05, 0.1) is 23.6 Å². The third kappa shape index (κ3) is 4.36. The van der Waals surface area contributed by atoms with Crippen LogP contribution < -0.4 is 5.32 Å². The minimum atomic E-state index is 0.120. The molecule has 0 radical (unpaired) electrons. The molecule has 3 nitrogen and oxygen atoms in total. The molecule has 2 aromatic rings. The minimum Gasteiger partial charge on any atom is -0.305 e. The lowest BCUT2D eigenvalue weighted by molar-refractivity contribution is 0.583. The molecule has 0 aliphatic carbocycles. The van der Waals surface area contributed by atoms with Gasteiger partial charge in [0.2, 0.25) is 0 Å². The Morgan fingerprint density at radius 3 is 2.62 bits per heavy atom. The van der Waals surface area contributed by atoms with E-state index in [2.05, 4.69) is 53.4 Å². The van der Waals surface area contributed by atoms with Crippen molar-refractivity contribution in [1.82, 2.24) is 15.3 Å². The third-order valence-corrected chi connectivity index (χ3v) is 3.52. The van der Waals surface area contributed by atoms with E-state index < -0.39 is 0 Å². The standard InChI is InChI=1S/C18H25N3/c1-4-7-15-8-6-9-16(11-15)18(19-10-5-2)17-13-20-14(3)12-21-17/h6,8-9,11-13,18-19H,4-5,7,10H2,1-3H3. The van der Waals surface area contributed by atoms with Crippen LogP contribution in [-0.4, -0.2) is 16.5 Å². The van der Waals surface area contributed by atoms with Crippen molar-refractivity contribution in [1.29, 1.82) is 0 Å². The molecule has 0 saturated heterocycles. The Bertz CT molecular complexity index is 549. The first-order valence-electron chi connectivity index (χ1n) is 7.85. The van der Waals surface area contributed by atoms with E-state index >= 15 is 0 Å². The molecule has 1 unspecified atom stereocenters. The maximum Gasteiger partial charge on any atom is 0.0801 e. The number of benzene rings is 1. The van der Waals surface area contributed by atoms with Crippen LogP contribution in [0.15, 0.2) is 36.7 Å². The highest BCUT2D eigenvalue weighted by atomic mass is 14.9. The Balaban J connectivity index is 2.30. The largest absolute Gasteiger partial charge is 0.305 e. The second-order valence-electron chi connectivity index (χ2n) is 5.46. The van der Waals surface area contributed by atoms with Gasteiger partial charge in [-0.05, 0) is 37.4 Å². The van der Waals surface area contributed by atoms with E-state index in [1.807, 2.05) is 19.3 Å². The fourth-order valence-electron chi connectivity index (χ4n) is 2.45. The first-order chi connectivity index (χ1) is 10.2. The molecule has 0 aliphatic rings. The van der Waals surface area contributed by atoms with Gasteiger partial charge in [-0.15, -0.1) is 0 Å². The Hall–Kier alpha value is -1.74. The molecular formula is C18H25N3. The van der Waals surface area contributed by atoms with Gasteiger partial charge in [-0.3, -0.25) is 9.97 Å². The van der Waals surface area contributed by atoms with Crippen molar-refractivity contribution in [2.75, 3.05) is 6.54 Å². The number of hydrogen-bond acceptors (Lipinski definition) is 3. The molecule has 2 rings (SSSR count). The molecule has 0 fully saturated rings. The smallest absolute Gasteiger partial charge is 0.0801 e. The summed E-state index contributed by atoms with van der Waals surface area (Å²) in [6, 6.07) is 8.93. The zero-order valence-corrected chi connectivity index (χ0v) is 13.3. The van der Waals surface area contributed by atoms with E-state index in [0.717, 1.165) is 30.8 Å². The van der Waals surface area contributed by atoms with Crippen LogP contribution in [0.1, 0.15) is 55.2 Å². The van der Waals surface area contributed by atoms with Gasteiger partial charge in [0.15, 0.2) is 0 Å². The molecule has 21 heavy (non-hydrogen) atoms. The molecule has 0 bridgehead atoms. The molecule has 3 heteroatoms. The first-order valence-corrected chi connectivity index (χ1v) is 7.85. The van der Waals surface area contributed by atoms with Crippen molar-refractivity contribution in [3.05, 3.63) is 59.2 Å². The lowest BCUT2D eigenvalue weighted by Crippen LogP contribution is -2.24. The fraction of sp³-hybridized carbons (Fsp3) is 0.444. The number of nitrogens with one attached hydrogen (secondary N) is 1. The molecule has 0 spiro atoms. The third-order valence-electron chi connectivity index (χ3n) is 3.52. The molecule has 1 atom stereocenters. The van der Waals surface area contributed by atoms with E-state index in [1.165, 1.54) is 17.5 Å². The average Bonchev–Trinajstić information content (AvgIpc) is 2.50. The summed E-state index contributed by atoms with van der Waals surface area (Å²) < 4.78 is 0. The highest BCUT2D eigenvalue weighted by Gasteiger charge is 2.15. The van der Waals surface area contributed by atoms with Crippen LogP contribution in [0, 0.1) is 6.92 Å². The number of hydrogen-bond donors (Lipinski definition) is 1. The maximum absolute atomic E-state index is 4.56. The van der Waals surface area contributed by atoms with Crippen LogP contribution in [0.3, 0.4) is 0 Å². The minimum absolute atomic E-state index is 0.120. The summed E-state index contributed by atoms with van der Waals surface area (Å²) in [5.41, 5.74) is 4.60. The SMILES string of the molecule is CCCNC(c1cccc(CCC)c1)c1cnc(C)cn1. The van der Waals surface area contributed by atoms with Gasteiger partial charge in [-0.2, -0.15) is 0 Å². The van der Waals surface area contributed by atoms with Crippen molar-refractivity contribution in [2.24, 2.45) is 0 Å². The quantitative estimate of drug-likeness (QED) is 0.839. The van der Waals surface area contributed by atoms with Crippen molar-refractivity contribution in [3.63, 3.8) is 0 Å². The highest BCUT2D eigenvalue weighted by Crippen LogP contribution is 2.21. The molecule has 1 heterocycles. The van der Waals surface area contributed by atoms with Gasteiger partial charge < -0.3 is 5.32 Å². The van der Waals surface area contributed by atoms with Crippen LogP contribution in [0.2, 0.25) is 0 Å². The second-order valence-corrected chi connectivity index (χ2v) is 5.46. The summed E-state index contributed by atoms with van der Waals surface area (Å²) in [6.45, 7) is 7.33. The van der Waals surface area contributed by atoms with Crippen LogP contribution in [0.4, 0.5) is 0 Å². The molecule has 0 aliphatic heterocycles. The lowest BCUT2D eigenvalue weighted by atomic mass is 9.99. The topological polar surface area (TPSA) is 37.8 Å². The fourth-order valence-corrected chi connectivity index (χ4v) is 2.45. The maximum atomic E-state index is 4.56. The average molecular weight is 283 g/mol. The highest BCUT2D eigenvalue weighted by molar-refractivity contribution is 5.31. The summed E-state index contributed by atoms with van der Waals surface area (Å²) in [4.78, 5) is 8.95. The van der Waals surface area contributed by atoms with E-state index in [0.29, 0.717) is 0 Å². The molecule has 0 amide bonds.